The molecule has 154 valence electrons. The van der Waals surface area contributed by atoms with E-state index in [9.17, 15) is 26.4 Å². The highest BCUT2D eigenvalue weighted by molar-refractivity contribution is 7.89. The molecule has 7 nitrogen and oxygen atoms in total. The number of sulfonamides is 1. The number of nitrogens with zero attached hydrogens (tertiary/aromatic N) is 1. The maximum atomic E-state index is 13.1. The molecule has 1 saturated heterocycles. The Labute approximate surface area is 164 Å². The third kappa shape index (κ3) is 3.75. The van der Waals surface area contributed by atoms with Gasteiger partial charge in [-0.05, 0) is 49.2 Å². The van der Waals surface area contributed by atoms with Crippen LogP contribution in [0.5, 0.6) is 11.5 Å². The molecule has 29 heavy (non-hydrogen) atoms. The minimum atomic E-state index is -4.00. The fourth-order valence-electron chi connectivity index (χ4n) is 3.28. The molecule has 11 heteroatoms. The molecule has 1 atom stereocenters. The van der Waals surface area contributed by atoms with E-state index in [0.29, 0.717) is 6.42 Å². The molecule has 0 aromatic heterocycles. The number of ether oxygens (including phenoxy) is 2. The Morgan fingerprint density at radius 1 is 1.10 bits per heavy atom. The van der Waals surface area contributed by atoms with E-state index in [1.54, 1.807) is 0 Å². The summed E-state index contributed by atoms with van der Waals surface area (Å²) in [4.78, 5) is 12.6. The molecule has 1 N–H and O–H groups in total. The van der Waals surface area contributed by atoms with Crippen molar-refractivity contribution in [3.8, 4) is 11.5 Å². The highest BCUT2D eigenvalue weighted by Gasteiger charge is 2.44. The van der Waals surface area contributed by atoms with Gasteiger partial charge in [0.05, 0.1) is 4.90 Å². The van der Waals surface area contributed by atoms with Crippen LogP contribution in [0.4, 0.5) is 18.9 Å². The summed E-state index contributed by atoms with van der Waals surface area (Å²) >= 11 is 0. The summed E-state index contributed by atoms with van der Waals surface area (Å²) in [5.41, 5.74) is 0.154. The molecule has 0 radical (unpaired) electrons. The Morgan fingerprint density at radius 2 is 1.79 bits per heavy atom. The zero-order chi connectivity index (χ0) is 20.8. The maximum absolute atomic E-state index is 13.1. The number of rotatable bonds is 4. The highest BCUT2D eigenvalue weighted by atomic mass is 32.2. The van der Waals surface area contributed by atoms with Crippen LogP contribution in [0, 0.1) is 5.82 Å². The minimum absolute atomic E-state index is 0.121. The molecule has 2 heterocycles. The Morgan fingerprint density at radius 3 is 2.52 bits per heavy atom. The largest absolute Gasteiger partial charge is 0.586 e. The lowest BCUT2D eigenvalue weighted by Gasteiger charge is -2.23. The van der Waals surface area contributed by atoms with E-state index >= 15 is 0 Å². The molecular weight excluding hydrogens is 413 g/mol. The Bertz CT molecular complexity index is 1060. The third-order valence-corrected chi connectivity index (χ3v) is 6.52. The van der Waals surface area contributed by atoms with Crippen molar-refractivity contribution in [2.75, 3.05) is 11.9 Å². The van der Waals surface area contributed by atoms with Crippen LogP contribution in [-0.2, 0) is 14.8 Å². The van der Waals surface area contributed by atoms with Gasteiger partial charge in [0, 0.05) is 18.3 Å². The number of hydrogen-bond donors (Lipinski definition) is 1. The van der Waals surface area contributed by atoms with Crippen molar-refractivity contribution in [2.45, 2.75) is 30.1 Å². The number of hydrogen-bond acceptors (Lipinski definition) is 5. The molecule has 2 aromatic carbocycles. The van der Waals surface area contributed by atoms with Crippen molar-refractivity contribution in [2.24, 2.45) is 0 Å². The molecule has 2 aliphatic rings. The van der Waals surface area contributed by atoms with E-state index in [0.717, 1.165) is 28.6 Å². The number of anilines is 1. The van der Waals surface area contributed by atoms with Gasteiger partial charge < -0.3 is 14.8 Å². The number of carbonyl (C=O) groups excluding carboxylic acids is 1. The van der Waals surface area contributed by atoms with Crippen LogP contribution in [0.3, 0.4) is 0 Å². The Balaban J connectivity index is 1.52. The van der Waals surface area contributed by atoms with Gasteiger partial charge in [0.1, 0.15) is 11.9 Å². The molecule has 0 aliphatic carbocycles. The van der Waals surface area contributed by atoms with Gasteiger partial charge in [0.15, 0.2) is 11.5 Å². The number of benzene rings is 2. The predicted molar refractivity (Wildman–Crippen MR) is 94.6 cm³/mol. The number of alkyl halides is 2. The van der Waals surface area contributed by atoms with Crippen LogP contribution in [-0.4, -0.2) is 37.5 Å². The lowest BCUT2D eigenvalue weighted by Crippen LogP contribution is -2.43. The lowest BCUT2D eigenvalue weighted by atomic mass is 10.2. The van der Waals surface area contributed by atoms with Gasteiger partial charge in [-0.3, -0.25) is 4.79 Å². The monoisotopic (exact) mass is 428 g/mol. The summed E-state index contributed by atoms with van der Waals surface area (Å²) in [6, 6.07) is 7.06. The van der Waals surface area contributed by atoms with Crippen molar-refractivity contribution >= 4 is 21.6 Å². The summed E-state index contributed by atoms with van der Waals surface area (Å²) in [5, 5.41) is 2.52. The minimum Gasteiger partial charge on any atom is -0.395 e. The maximum Gasteiger partial charge on any atom is 0.586 e. The first-order valence-corrected chi connectivity index (χ1v) is 10.1. The summed E-state index contributed by atoms with van der Waals surface area (Å²) in [7, 11) is -4.00. The van der Waals surface area contributed by atoms with Crippen LogP contribution < -0.4 is 14.8 Å². The second kappa shape index (κ2) is 6.92. The van der Waals surface area contributed by atoms with Crippen LogP contribution in [0.1, 0.15) is 12.8 Å². The first kappa shape index (κ1) is 19.5. The molecule has 2 aliphatic heterocycles. The number of amides is 1. The van der Waals surface area contributed by atoms with E-state index in [-0.39, 0.29) is 35.0 Å². The van der Waals surface area contributed by atoms with E-state index in [1.165, 1.54) is 18.2 Å². The molecule has 0 saturated carbocycles. The molecule has 0 spiro atoms. The summed E-state index contributed by atoms with van der Waals surface area (Å²) in [6.07, 6.45) is -3.03. The average Bonchev–Trinajstić information content (AvgIpc) is 3.25. The molecular formula is C18H15F3N2O5S. The predicted octanol–water partition coefficient (Wildman–Crippen LogP) is 2.94. The Kier molecular flexibility index (Phi) is 4.66. The molecule has 1 unspecified atom stereocenters. The molecule has 1 fully saturated rings. The number of fused-ring (bicyclic) bond motifs is 1. The van der Waals surface area contributed by atoms with E-state index in [4.69, 9.17) is 0 Å². The van der Waals surface area contributed by atoms with Gasteiger partial charge in [0.2, 0.25) is 15.9 Å². The number of carbonyl (C=O) groups is 1. The summed E-state index contributed by atoms with van der Waals surface area (Å²) in [6.45, 7) is 0.130. The van der Waals surface area contributed by atoms with Gasteiger partial charge in [-0.1, -0.05) is 0 Å². The van der Waals surface area contributed by atoms with Crippen molar-refractivity contribution < 1.29 is 35.9 Å². The van der Waals surface area contributed by atoms with Crippen LogP contribution in [0.2, 0.25) is 0 Å². The van der Waals surface area contributed by atoms with Crippen molar-refractivity contribution in [3.05, 3.63) is 48.3 Å². The smallest absolute Gasteiger partial charge is 0.395 e. The van der Waals surface area contributed by atoms with Gasteiger partial charge in [-0.2, -0.15) is 4.31 Å². The third-order valence-electron chi connectivity index (χ3n) is 4.60. The topological polar surface area (TPSA) is 84.9 Å². The molecule has 0 bridgehead atoms. The van der Waals surface area contributed by atoms with Crippen molar-refractivity contribution in [1.82, 2.24) is 4.31 Å². The van der Waals surface area contributed by atoms with Gasteiger partial charge in [-0.25, -0.2) is 12.8 Å². The average molecular weight is 428 g/mol. The van der Waals surface area contributed by atoms with Crippen LogP contribution in [0.25, 0.3) is 0 Å². The first-order valence-electron chi connectivity index (χ1n) is 8.64. The quantitative estimate of drug-likeness (QED) is 0.810. The fraction of sp³-hybridized carbons (Fsp3) is 0.278. The van der Waals surface area contributed by atoms with E-state index < -0.39 is 34.1 Å². The zero-order valence-electron chi connectivity index (χ0n) is 14.8. The molecule has 2 aromatic rings. The SMILES string of the molecule is O=C(Nc1ccc2c(c1)OC(F)(F)O2)C1CCCN1S(=O)(=O)c1ccc(F)cc1. The highest BCUT2D eigenvalue weighted by Crippen LogP contribution is 2.42. The van der Waals surface area contributed by atoms with E-state index in [2.05, 4.69) is 14.8 Å². The number of halogens is 3. The van der Waals surface area contributed by atoms with E-state index in [1.807, 2.05) is 0 Å². The zero-order valence-corrected chi connectivity index (χ0v) is 15.6. The van der Waals surface area contributed by atoms with Crippen LogP contribution >= 0.6 is 0 Å². The van der Waals surface area contributed by atoms with Gasteiger partial charge >= 0.3 is 6.29 Å². The van der Waals surface area contributed by atoms with Crippen molar-refractivity contribution in [3.63, 3.8) is 0 Å². The van der Waals surface area contributed by atoms with Crippen LogP contribution in [0.15, 0.2) is 47.4 Å². The molecule has 1 amide bonds. The Hall–Kier alpha value is -2.79. The number of nitrogens with one attached hydrogen (secondary N) is 1. The lowest BCUT2D eigenvalue weighted by molar-refractivity contribution is -0.286. The molecule has 4 rings (SSSR count). The second-order valence-electron chi connectivity index (χ2n) is 6.55. The summed E-state index contributed by atoms with van der Waals surface area (Å²) < 4.78 is 74.7. The van der Waals surface area contributed by atoms with Gasteiger partial charge in [0.25, 0.3) is 0 Å². The standard InChI is InChI=1S/C18H15F3N2O5S/c19-11-3-6-13(7-4-11)29(25,26)23-9-1-2-14(23)17(24)22-12-5-8-15-16(10-12)28-18(20,21)27-15/h3-8,10,14H,1-2,9H2,(H,22,24). The normalized spacial score (nSPS) is 20.6. The second-order valence-corrected chi connectivity index (χ2v) is 8.44. The van der Waals surface area contributed by atoms with Gasteiger partial charge in [-0.15, -0.1) is 8.78 Å². The first-order chi connectivity index (χ1) is 13.7. The fourth-order valence-corrected chi connectivity index (χ4v) is 4.94. The summed E-state index contributed by atoms with van der Waals surface area (Å²) in [5.74, 6) is -1.60. The van der Waals surface area contributed by atoms with Crippen molar-refractivity contribution in [1.29, 1.82) is 0 Å².